The van der Waals surface area contributed by atoms with E-state index in [4.69, 9.17) is 0 Å². The highest BCUT2D eigenvalue weighted by atomic mass is 32.2. The summed E-state index contributed by atoms with van der Waals surface area (Å²) in [6, 6.07) is 0.689. The van der Waals surface area contributed by atoms with Crippen LogP contribution < -0.4 is 10.2 Å². The van der Waals surface area contributed by atoms with Crippen molar-refractivity contribution in [2.45, 2.75) is 17.0 Å². The summed E-state index contributed by atoms with van der Waals surface area (Å²) in [5.74, 6) is -16.7. The van der Waals surface area contributed by atoms with Gasteiger partial charge in [-0.15, -0.1) is 0 Å². The largest absolute Gasteiger partial charge is 0.501 e. The Morgan fingerprint density at radius 2 is 1.52 bits per heavy atom. The van der Waals surface area contributed by atoms with Crippen LogP contribution in [0.4, 0.5) is 35.1 Å². The molecule has 0 aliphatic carbocycles. The number of ether oxygens (including phenoxy) is 1. The van der Waals surface area contributed by atoms with Crippen molar-refractivity contribution in [2.24, 2.45) is 0 Å². The summed E-state index contributed by atoms with van der Waals surface area (Å²) in [7, 11) is -8.08. The molecule has 2 aromatic rings. The first-order chi connectivity index (χ1) is 14.2. The molecule has 16 heteroatoms. The summed E-state index contributed by atoms with van der Waals surface area (Å²) in [6.45, 7) is -0.798. The number of rotatable bonds is 3. The van der Waals surface area contributed by atoms with Crippen molar-refractivity contribution in [3.05, 3.63) is 52.3 Å². The number of carbonyl (C=O) groups excluding carboxylic acids is 1. The smallest absolute Gasteiger partial charge is 0.423 e. The van der Waals surface area contributed by atoms with E-state index in [0.29, 0.717) is 6.07 Å². The van der Waals surface area contributed by atoms with Gasteiger partial charge in [-0.25, -0.2) is 26.4 Å². The van der Waals surface area contributed by atoms with Crippen LogP contribution in [0, 0.1) is 29.1 Å². The van der Waals surface area contributed by atoms with E-state index in [-0.39, 0.29) is 6.07 Å². The summed E-state index contributed by atoms with van der Waals surface area (Å²) in [6.07, 6.45) is 0. The fourth-order valence-corrected chi connectivity index (χ4v) is 3.63. The molecule has 0 aromatic heterocycles. The lowest BCUT2D eigenvalue weighted by Gasteiger charge is -2.14. The van der Waals surface area contributed by atoms with Crippen molar-refractivity contribution in [3.8, 4) is 5.75 Å². The molecule has 1 aliphatic heterocycles. The zero-order chi connectivity index (χ0) is 23.5. The zero-order valence-corrected chi connectivity index (χ0v) is 15.2. The molecule has 0 fully saturated rings. The van der Waals surface area contributed by atoms with Crippen LogP contribution in [0.1, 0.15) is 15.9 Å². The van der Waals surface area contributed by atoms with E-state index in [1.807, 2.05) is 0 Å². The number of hydrogen-bond donors (Lipinski definition) is 1. The van der Waals surface area contributed by atoms with Crippen molar-refractivity contribution in [2.75, 3.05) is 0 Å². The van der Waals surface area contributed by atoms with Crippen LogP contribution in [0.3, 0.4) is 0 Å². The van der Waals surface area contributed by atoms with Gasteiger partial charge in [-0.1, -0.05) is 0 Å². The Morgan fingerprint density at radius 1 is 1.00 bits per heavy atom. The predicted molar refractivity (Wildman–Crippen MR) is 83.3 cm³/mol. The molecular weight excluding hydrogens is 471 g/mol. The third kappa shape index (κ3) is 3.63. The highest BCUT2D eigenvalue weighted by molar-refractivity contribution is 7.92. The highest BCUT2D eigenvalue weighted by Gasteiger charge is 2.49. The van der Waals surface area contributed by atoms with Crippen molar-refractivity contribution in [3.63, 3.8) is 0 Å². The predicted octanol–water partition coefficient (Wildman–Crippen LogP) is 2.11. The maximum atomic E-state index is 13.7. The van der Waals surface area contributed by atoms with Crippen LogP contribution in [0.5, 0.6) is 5.75 Å². The summed E-state index contributed by atoms with van der Waals surface area (Å²) in [4.78, 5) is 10.6. The molecule has 2 aromatic carbocycles. The van der Waals surface area contributed by atoms with Crippen molar-refractivity contribution in [1.29, 1.82) is 0 Å². The van der Waals surface area contributed by atoms with E-state index < -0.39 is 91.4 Å². The molecule has 0 unspecified atom stereocenters. The lowest BCUT2D eigenvalue weighted by molar-refractivity contribution is -0.0436. The number of hydrogen-bond acceptors (Lipinski definition) is 6. The number of halogens is 8. The van der Waals surface area contributed by atoms with Crippen LogP contribution in [0.15, 0.2) is 17.0 Å². The molecule has 1 aliphatic rings. The zero-order valence-electron chi connectivity index (χ0n) is 14.4. The van der Waals surface area contributed by atoms with Gasteiger partial charge >= 0.3 is 18.6 Å². The van der Waals surface area contributed by atoms with Crippen LogP contribution in [-0.4, -0.2) is 32.0 Å². The van der Waals surface area contributed by atoms with E-state index in [2.05, 4.69) is 9.39 Å². The van der Waals surface area contributed by atoms with Crippen LogP contribution in [0.2, 0.25) is 0 Å². The van der Waals surface area contributed by atoms with Gasteiger partial charge in [0.05, 0.1) is 17.1 Å². The first-order valence-corrected chi connectivity index (χ1v) is 9.18. The Kier molecular flexibility index (Phi) is 5.52. The van der Waals surface area contributed by atoms with Gasteiger partial charge in [0.2, 0.25) is 34.8 Å². The quantitative estimate of drug-likeness (QED) is 0.183. The maximum Gasteiger partial charge on any atom is 0.501 e. The molecule has 3 rings (SSSR count). The van der Waals surface area contributed by atoms with Gasteiger partial charge in [-0.2, -0.15) is 22.0 Å². The highest BCUT2D eigenvalue weighted by Crippen LogP contribution is 2.35. The number of sulfone groups is 1. The molecule has 1 heterocycles. The van der Waals surface area contributed by atoms with E-state index in [1.54, 1.807) is 0 Å². The van der Waals surface area contributed by atoms with E-state index in [1.165, 1.54) is 0 Å². The van der Waals surface area contributed by atoms with Gasteiger partial charge in [0.15, 0.2) is 0 Å². The minimum Gasteiger partial charge on any atom is -0.423 e. The summed E-state index contributed by atoms with van der Waals surface area (Å²) >= 11 is 0. The van der Waals surface area contributed by atoms with Gasteiger partial charge in [-0.3, -0.25) is 0 Å². The second kappa shape index (κ2) is 7.46. The van der Waals surface area contributed by atoms with Gasteiger partial charge < -0.3 is 14.4 Å². The molecule has 166 valence electrons. The Bertz CT molecular complexity index is 1180. The lowest BCUT2D eigenvalue weighted by atomic mass is 9.79. The molecule has 0 saturated heterocycles. The Labute approximate surface area is 167 Å². The standard InChI is InChI=1S/C15H5BF8O6S/c17-8-9(18)11(20)13(12(21)10(8)19)30-14(25)4-1-6-5(3-29-16(6)26)7(2-4)31(27,28)15(22,23)24/h1-2,26H,3H2. The first kappa shape index (κ1) is 23.0. The molecular formula is C15H5BF8O6S. The number of carbonyl (C=O) groups is 1. The number of esters is 1. The van der Waals surface area contributed by atoms with E-state index >= 15 is 0 Å². The molecule has 0 bridgehead atoms. The van der Waals surface area contributed by atoms with Crippen molar-refractivity contribution >= 4 is 28.4 Å². The fraction of sp³-hybridized carbons (Fsp3) is 0.133. The SMILES string of the molecule is O=C(Oc1c(F)c(F)c(F)c(F)c1F)c1cc2c(c(S(=O)(=O)C(F)(F)F)c1)COB2O. The minimum absolute atomic E-state index is 0.109. The van der Waals surface area contributed by atoms with Crippen LogP contribution in [-0.2, 0) is 21.1 Å². The first-order valence-electron chi connectivity index (χ1n) is 7.70. The normalized spacial score (nSPS) is 14.0. The van der Waals surface area contributed by atoms with Gasteiger partial charge in [-0.05, 0) is 23.2 Å². The average molecular weight is 476 g/mol. The molecule has 0 amide bonds. The minimum atomic E-state index is -6.11. The number of fused-ring (bicyclic) bond motifs is 1. The van der Waals surface area contributed by atoms with Crippen LogP contribution >= 0.6 is 0 Å². The monoisotopic (exact) mass is 476 g/mol. The molecule has 1 N–H and O–H groups in total. The van der Waals surface area contributed by atoms with Gasteiger partial charge in [0.1, 0.15) is 0 Å². The summed E-state index contributed by atoms with van der Waals surface area (Å²) in [5.41, 5.74) is -8.24. The molecule has 0 atom stereocenters. The summed E-state index contributed by atoms with van der Waals surface area (Å²) in [5, 5.41) is 9.65. The molecule has 0 saturated carbocycles. The molecule has 0 spiro atoms. The second-order valence-electron chi connectivity index (χ2n) is 5.94. The average Bonchev–Trinajstić information content (AvgIpc) is 3.07. The number of alkyl halides is 3. The third-order valence-electron chi connectivity index (χ3n) is 4.09. The topological polar surface area (TPSA) is 89.9 Å². The summed E-state index contributed by atoms with van der Waals surface area (Å²) < 4.78 is 138. The Balaban J connectivity index is 2.15. The number of benzene rings is 2. The molecule has 0 radical (unpaired) electrons. The Hall–Kier alpha value is -2.72. The molecule has 6 nitrogen and oxygen atoms in total. The Morgan fingerprint density at radius 3 is 2.03 bits per heavy atom. The fourth-order valence-electron chi connectivity index (χ4n) is 2.60. The maximum absolute atomic E-state index is 13.7. The van der Waals surface area contributed by atoms with Gasteiger partial charge in [0, 0.05) is 0 Å². The second-order valence-corrected chi connectivity index (χ2v) is 7.85. The van der Waals surface area contributed by atoms with Crippen LogP contribution in [0.25, 0.3) is 0 Å². The lowest BCUT2D eigenvalue weighted by Crippen LogP contribution is -2.32. The van der Waals surface area contributed by atoms with E-state index in [0.717, 1.165) is 0 Å². The van der Waals surface area contributed by atoms with E-state index in [9.17, 15) is 53.4 Å². The third-order valence-corrected chi connectivity index (χ3v) is 5.64. The van der Waals surface area contributed by atoms with Gasteiger partial charge in [0.25, 0.3) is 9.84 Å². The molecule has 31 heavy (non-hydrogen) atoms. The van der Waals surface area contributed by atoms with Crippen molar-refractivity contribution in [1.82, 2.24) is 0 Å². The van der Waals surface area contributed by atoms with Crippen molar-refractivity contribution < 1.29 is 62.8 Å².